The molecule has 0 aliphatic rings. The Bertz CT molecular complexity index is 1340. The van der Waals surface area contributed by atoms with Gasteiger partial charge in [0.25, 0.3) is 0 Å². The fraction of sp³-hybridized carbons (Fsp3) is 0.167. The van der Waals surface area contributed by atoms with Crippen molar-refractivity contribution in [1.29, 1.82) is 0 Å². The minimum absolute atomic E-state index is 0.217. The highest BCUT2D eigenvalue weighted by atomic mass is 32.2. The van der Waals surface area contributed by atoms with Crippen LogP contribution in [0.25, 0.3) is 22.0 Å². The highest BCUT2D eigenvalue weighted by Gasteiger charge is 2.22. The predicted molar refractivity (Wildman–Crippen MR) is 121 cm³/mol. The smallest absolute Gasteiger partial charge is 0.241 e. The van der Waals surface area contributed by atoms with Crippen LogP contribution in [0.3, 0.4) is 0 Å². The number of nitrogens with one attached hydrogen (secondary N) is 1. The number of aryl methyl sites for hydroxylation is 1. The summed E-state index contributed by atoms with van der Waals surface area (Å²) in [6, 6.07) is 22.0. The molecule has 0 saturated heterocycles. The molecule has 0 spiro atoms. The maximum absolute atomic E-state index is 13.2. The number of fused-ring (bicyclic) bond motifs is 1. The van der Waals surface area contributed by atoms with Crippen LogP contribution in [0.4, 0.5) is 0 Å². The van der Waals surface area contributed by atoms with Crippen LogP contribution in [0.15, 0.2) is 77.7 Å². The zero-order valence-corrected chi connectivity index (χ0v) is 18.3. The van der Waals surface area contributed by atoms with Gasteiger partial charge in [0.15, 0.2) is 0 Å². The third-order valence-corrected chi connectivity index (χ3v) is 6.91. The minimum Gasteiger partial charge on any atom is -0.479 e. The van der Waals surface area contributed by atoms with Gasteiger partial charge in [0.1, 0.15) is 5.69 Å². The van der Waals surface area contributed by atoms with Gasteiger partial charge in [0.2, 0.25) is 15.9 Å². The first-order chi connectivity index (χ1) is 14.9. The number of aromatic nitrogens is 2. The Morgan fingerprint density at radius 3 is 2.29 bits per heavy atom. The molecule has 1 N–H and O–H groups in total. The Kier molecular flexibility index (Phi) is 5.71. The van der Waals surface area contributed by atoms with Crippen molar-refractivity contribution in [1.82, 2.24) is 14.9 Å². The summed E-state index contributed by atoms with van der Waals surface area (Å²) in [5.74, 6) is 0.428. The summed E-state index contributed by atoms with van der Waals surface area (Å²) in [7, 11) is -2.21. The van der Waals surface area contributed by atoms with Crippen molar-refractivity contribution >= 4 is 20.8 Å². The summed E-state index contributed by atoms with van der Waals surface area (Å²) in [4.78, 5) is 0.217. The number of methoxy groups -OCH3 is 1. The molecule has 1 atom stereocenters. The van der Waals surface area contributed by atoms with Crippen molar-refractivity contribution < 1.29 is 13.2 Å². The van der Waals surface area contributed by atoms with Gasteiger partial charge in [-0.3, -0.25) is 0 Å². The zero-order chi connectivity index (χ0) is 22.0. The molecule has 4 rings (SSSR count). The van der Waals surface area contributed by atoms with Crippen molar-refractivity contribution in [2.45, 2.75) is 24.8 Å². The maximum atomic E-state index is 13.2. The maximum Gasteiger partial charge on any atom is 0.241 e. The molecule has 158 valence electrons. The van der Waals surface area contributed by atoms with Crippen LogP contribution in [-0.2, 0) is 10.0 Å². The third kappa shape index (κ3) is 4.15. The molecule has 3 aromatic carbocycles. The molecule has 31 heavy (non-hydrogen) atoms. The largest absolute Gasteiger partial charge is 0.479 e. The van der Waals surface area contributed by atoms with E-state index in [2.05, 4.69) is 14.9 Å². The van der Waals surface area contributed by atoms with Crippen molar-refractivity contribution in [2.24, 2.45) is 0 Å². The van der Waals surface area contributed by atoms with E-state index in [0.717, 1.165) is 16.3 Å². The molecule has 6 nitrogen and oxygen atoms in total. The number of nitrogens with zero attached hydrogens (tertiary/aromatic N) is 2. The molecule has 0 aliphatic heterocycles. The first-order valence-electron chi connectivity index (χ1n) is 9.88. The van der Waals surface area contributed by atoms with Gasteiger partial charge < -0.3 is 4.74 Å². The molecule has 1 heterocycles. The number of sulfonamides is 1. The van der Waals surface area contributed by atoms with Crippen LogP contribution in [0.1, 0.15) is 24.1 Å². The summed E-state index contributed by atoms with van der Waals surface area (Å²) in [6.07, 6.45) is 0. The van der Waals surface area contributed by atoms with E-state index in [1.165, 1.54) is 0 Å². The van der Waals surface area contributed by atoms with Gasteiger partial charge in [-0.05, 0) is 37.1 Å². The molecular weight excluding hydrogens is 410 g/mol. The molecule has 0 fully saturated rings. The van der Waals surface area contributed by atoms with Crippen LogP contribution in [0.2, 0.25) is 0 Å². The molecule has 0 aliphatic carbocycles. The van der Waals surface area contributed by atoms with Crippen molar-refractivity contribution in [3.8, 4) is 17.1 Å². The van der Waals surface area contributed by atoms with E-state index in [-0.39, 0.29) is 10.9 Å². The summed E-state index contributed by atoms with van der Waals surface area (Å²) in [5, 5.41) is 10.1. The van der Waals surface area contributed by atoms with Gasteiger partial charge in [-0.2, -0.15) is 0 Å². The Hall–Kier alpha value is -3.29. The second-order valence-corrected chi connectivity index (χ2v) is 9.02. The van der Waals surface area contributed by atoms with Crippen molar-refractivity contribution in [3.63, 3.8) is 0 Å². The van der Waals surface area contributed by atoms with Crippen molar-refractivity contribution in [2.75, 3.05) is 7.11 Å². The molecule has 0 bridgehead atoms. The number of ether oxygens (including phenoxy) is 1. The van der Waals surface area contributed by atoms with E-state index in [9.17, 15) is 8.42 Å². The summed E-state index contributed by atoms with van der Waals surface area (Å²) in [6.45, 7) is 3.61. The van der Waals surface area contributed by atoms with E-state index in [0.29, 0.717) is 22.7 Å². The van der Waals surface area contributed by atoms with Crippen LogP contribution >= 0.6 is 0 Å². The van der Waals surface area contributed by atoms with Crippen molar-refractivity contribution in [3.05, 3.63) is 83.9 Å². The highest BCUT2D eigenvalue weighted by molar-refractivity contribution is 7.89. The van der Waals surface area contributed by atoms with Crippen LogP contribution in [-0.4, -0.2) is 25.7 Å². The number of rotatable bonds is 6. The lowest BCUT2D eigenvalue weighted by Gasteiger charge is -2.17. The first kappa shape index (κ1) is 21.0. The van der Waals surface area contributed by atoms with E-state index >= 15 is 0 Å². The van der Waals surface area contributed by atoms with Gasteiger partial charge in [-0.15, -0.1) is 10.2 Å². The Morgan fingerprint density at radius 2 is 1.58 bits per heavy atom. The Balaban J connectivity index is 1.77. The van der Waals surface area contributed by atoms with E-state index < -0.39 is 10.0 Å². The van der Waals surface area contributed by atoms with Crippen LogP contribution in [0, 0.1) is 6.92 Å². The SMILES string of the molecule is COc1nnc(-c2ccc(C)c(S(=O)(=O)NC(C)c3ccccc3)c2)c2ccccc12. The molecule has 1 unspecified atom stereocenters. The van der Waals surface area contributed by atoms with Gasteiger partial charge in [-0.25, -0.2) is 13.1 Å². The lowest BCUT2D eigenvalue weighted by Crippen LogP contribution is -2.27. The normalized spacial score (nSPS) is 12.6. The van der Waals surface area contributed by atoms with Gasteiger partial charge in [0, 0.05) is 22.4 Å². The standard InChI is InChI=1S/C24H23N3O3S/c1-16-13-14-19(23-20-11-7-8-12-21(20)24(30-3)26-25-23)15-22(16)31(28,29)27-17(2)18-9-5-4-6-10-18/h4-15,17,27H,1-3H3. The van der Waals surface area contributed by atoms with E-state index in [4.69, 9.17) is 4.74 Å². The fourth-order valence-corrected chi connectivity index (χ4v) is 5.09. The van der Waals surface area contributed by atoms with Crippen LogP contribution < -0.4 is 9.46 Å². The van der Waals surface area contributed by atoms with Crippen LogP contribution in [0.5, 0.6) is 5.88 Å². The fourth-order valence-electron chi connectivity index (χ4n) is 3.59. The molecule has 1 aromatic heterocycles. The molecule has 4 aromatic rings. The Labute approximate surface area is 182 Å². The van der Waals surface area contributed by atoms with Gasteiger partial charge in [-0.1, -0.05) is 60.7 Å². The topological polar surface area (TPSA) is 81.2 Å². The molecule has 7 heteroatoms. The first-order valence-corrected chi connectivity index (χ1v) is 11.4. The third-order valence-electron chi connectivity index (χ3n) is 5.23. The molecular formula is C24H23N3O3S. The summed E-state index contributed by atoms with van der Waals surface area (Å²) < 4.78 is 34.5. The predicted octanol–water partition coefficient (Wildman–Crippen LogP) is 4.65. The minimum atomic E-state index is -3.76. The zero-order valence-electron chi connectivity index (χ0n) is 17.5. The molecule has 0 radical (unpaired) electrons. The molecule has 0 saturated carbocycles. The Morgan fingerprint density at radius 1 is 0.903 bits per heavy atom. The number of hydrogen-bond donors (Lipinski definition) is 1. The van der Waals surface area contributed by atoms with E-state index in [1.807, 2.05) is 67.6 Å². The lowest BCUT2D eigenvalue weighted by atomic mass is 10.0. The monoisotopic (exact) mass is 433 g/mol. The average molecular weight is 434 g/mol. The number of hydrogen-bond acceptors (Lipinski definition) is 5. The van der Waals surface area contributed by atoms with Gasteiger partial charge >= 0.3 is 0 Å². The second kappa shape index (κ2) is 8.45. The second-order valence-electron chi connectivity index (χ2n) is 7.34. The van der Waals surface area contributed by atoms with E-state index in [1.54, 1.807) is 26.2 Å². The number of benzene rings is 3. The average Bonchev–Trinajstić information content (AvgIpc) is 2.79. The highest BCUT2D eigenvalue weighted by Crippen LogP contribution is 2.32. The summed E-state index contributed by atoms with van der Waals surface area (Å²) in [5.41, 5.74) is 2.82. The molecule has 0 amide bonds. The lowest BCUT2D eigenvalue weighted by molar-refractivity contribution is 0.398. The quantitative estimate of drug-likeness (QED) is 0.479. The van der Waals surface area contributed by atoms with Gasteiger partial charge in [0.05, 0.1) is 12.0 Å². The summed E-state index contributed by atoms with van der Waals surface area (Å²) >= 11 is 0.